The van der Waals surface area contributed by atoms with Gasteiger partial charge in [-0.2, -0.15) is 0 Å². The van der Waals surface area contributed by atoms with Gasteiger partial charge in [0.2, 0.25) is 5.91 Å². The Kier molecular flexibility index (Phi) is 4.78. The molecule has 94 valence electrons. The average Bonchev–Trinajstić information content (AvgIpc) is 2.98. The second kappa shape index (κ2) is 5.67. The van der Waals surface area contributed by atoms with E-state index in [2.05, 4.69) is 6.92 Å². The molecule has 0 spiro atoms. The molecule has 0 bridgehead atoms. The van der Waals surface area contributed by atoms with E-state index in [0.29, 0.717) is 6.04 Å². The third-order valence-corrected chi connectivity index (χ3v) is 2.69. The number of carbonyl (C=O) groups excluding carboxylic acids is 1. The topological polar surface area (TPSA) is 29.5 Å². The Bertz CT molecular complexity index is 229. The maximum Gasteiger partial charge on any atom is 0.248 e. The van der Waals surface area contributed by atoms with Crippen LogP contribution in [-0.4, -0.2) is 35.6 Å². The number of hydrogen-bond donors (Lipinski definition) is 0. The van der Waals surface area contributed by atoms with Gasteiger partial charge in [0, 0.05) is 12.6 Å². The molecular formula is C13H25NO2. The van der Waals surface area contributed by atoms with E-state index in [0.717, 1.165) is 19.4 Å². The van der Waals surface area contributed by atoms with Crippen LogP contribution in [0.2, 0.25) is 0 Å². The van der Waals surface area contributed by atoms with Crippen LogP contribution in [0.5, 0.6) is 0 Å². The number of ether oxygens (including phenoxy) is 1. The SMILES string of the molecule is CCCCN(C(=O)COC(C)(C)C)C1CC1. The van der Waals surface area contributed by atoms with Gasteiger partial charge < -0.3 is 9.64 Å². The normalized spacial score (nSPS) is 16.2. The zero-order valence-electron chi connectivity index (χ0n) is 11.1. The third kappa shape index (κ3) is 4.97. The van der Waals surface area contributed by atoms with Crippen molar-refractivity contribution >= 4 is 5.91 Å². The predicted octanol–water partition coefficient (Wildman–Crippen LogP) is 2.59. The molecule has 0 N–H and O–H groups in total. The molecule has 1 rings (SSSR count). The zero-order valence-corrected chi connectivity index (χ0v) is 11.1. The maximum absolute atomic E-state index is 12.0. The quantitative estimate of drug-likeness (QED) is 0.698. The number of amides is 1. The molecule has 0 aromatic heterocycles. The number of carbonyl (C=O) groups is 1. The Labute approximate surface area is 99.1 Å². The molecule has 3 heteroatoms. The van der Waals surface area contributed by atoms with E-state index < -0.39 is 0 Å². The molecule has 0 heterocycles. The predicted molar refractivity (Wildman–Crippen MR) is 65.3 cm³/mol. The van der Waals surface area contributed by atoms with Crippen LogP contribution >= 0.6 is 0 Å². The first-order valence-corrected chi connectivity index (χ1v) is 6.37. The van der Waals surface area contributed by atoms with Crippen LogP contribution in [0.1, 0.15) is 53.4 Å². The summed E-state index contributed by atoms with van der Waals surface area (Å²) in [6.45, 7) is 9.22. The number of unbranched alkanes of at least 4 members (excludes halogenated alkanes) is 1. The fraction of sp³-hybridized carbons (Fsp3) is 0.923. The van der Waals surface area contributed by atoms with Crippen LogP contribution in [-0.2, 0) is 9.53 Å². The van der Waals surface area contributed by atoms with E-state index >= 15 is 0 Å². The molecule has 1 amide bonds. The lowest BCUT2D eigenvalue weighted by Gasteiger charge is -2.25. The molecule has 0 unspecified atom stereocenters. The van der Waals surface area contributed by atoms with Crippen LogP contribution < -0.4 is 0 Å². The highest BCUT2D eigenvalue weighted by molar-refractivity contribution is 5.78. The number of hydrogen-bond acceptors (Lipinski definition) is 2. The van der Waals surface area contributed by atoms with Gasteiger partial charge in [-0.1, -0.05) is 13.3 Å². The first kappa shape index (κ1) is 13.5. The molecule has 0 saturated heterocycles. The first-order chi connectivity index (χ1) is 7.44. The van der Waals surface area contributed by atoms with Gasteiger partial charge in [-0.3, -0.25) is 4.79 Å². The molecule has 0 aliphatic heterocycles. The highest BCUT2D eigenvalue weighted by atomic mass is 16.5. The van der Waals surface area contributed by atoms with Gasteiger partial charge in [-0.15, -0.1) is 0 Å². The Morgan fingerprint density at radius 3 is 2.44 bits per heavy atom. The monoisotopic (exact) mass is 227 g/mol. The summed E-state index contributed by atoms with van der Waals surface area (Å²) in [5, 5.41) is 0. The van der Waals surface area contributed by atoms with Gasteiger partial charge in [0.15, 0.2) is 0 Å². The van der Waals surface area contributed by atoms with Gasteiger partial charge in [-0.05, 0) is 40.0 Å². The van der Waals surface area contributed by atoms with Crippen molar-refractivity contribution in [2.45, 2.75) is 65.0 Å². The van der Waals surface area contributed by atoms with Gasteiger partial charge >= 0.3 is 0 Å². The van der Waals surface area contributed by atoms with Crippen LogP contribution in [0.25, 0.3) is 0 Å². The van der Waals surface area contributed by atoms with Gasteiger partial charge in [-0.25, -0.2) is 0 Å². The molecule has 0 atom stereocenters. The average molecular weight is 227 g/mol. The smallest absolute Gasteiger partial charge is 0.248 e. The Morgan fingerprint density at radius 2 is 2.00 bits per heavy atom. The van der Waals surface area contributed by atoms with E-state index in [1.165, 1.54) is 12.8 Å². The molecule has 0 radical (unpaired) electrons. The minimum atomic E-state index is -0.227. The fourth-order valence-corrected chi connectivity index (χ4v) is 1.59. The van der Waals surface area contributed by atoms with E-state index in [1.807, 2.05) is 25.7 Å². The molecule has 3 nitrogen and oxygen atoms in total. The summed E-state index contributed by atoms with van der Waals surface area (Å²) < 4.78 is 5.54. The minimum absolute atomic E-state index is 0.158. The Hall–Kier alpha value is -0.570. The zero-order chi connectivity index (χ0) is 12.2. The Morgan fingerprint density at radius 1 is 1.38 bits per heavy atom. The summed E-state index contributed by atoms with van der Waals surface area (Å²) in [5.74, 6) is 0.158. The first-order valence-electron chi connectivity index (χ1n) is 6.37. The molecular weight excluding hydrogens is 202 g/mol. The summed E-state index contributed by atoms with van der Waals surface area (Å²) in [4.78, 5) is 14.0. The van der Waals surface area contributed by atoms with E-state index in [4.69, 9.17) is 4.74 Å². The van der Waals surface area contributed by atoms with Crippen molar-refractivity contribution in [3.05, 3.63) is 0 Å². The summed E-state index contributed by atoms with van der Waals surface area (Å²) in [6.07, 6.45) is 4.57. The molecule has 1 saturated carbocycles. The number of rotatable bonds is 6. The lowest BCUT2D eigenvalue weighted by Crippen LogP contribution is -2.38. The lowest BCUT2D eigenvalue weighted by atomic mass is 10.2. The van der Waals surface area contributed by atoms with E-state index in [-0.39, 0.29) is 18.1 Å². The van der Waals surface area contributed by atoms with Gasteiger partial charge in [0.1, 0.15) is 6.61 Å². The van der Waals surface area contributed by atoms with Crippen molar-refractivity contribution in [3.63, 3.8) is 0 Å². The molecule has 1 aliphatic carbocycles. The third-order valence-electron chi connectivity index (χ3n) is 2.69. The van der Waals surface area contributed by atoms with Crippen molar-refractivity contribution in [1.29, 1.82) is 0 Å². The highest BCUT2D eigenvalue weighted by Crippen LogP contribution is 2.27. The van der Waals surface area contributed by atoms with Crippen molar-refractivity contribution in [1.82, 2.24) is 4.90 Å². The van der Waals surface area contributed by atoms with Crippen LogP contribution in [0.15, 0.2) is 0 Å². The summed E-state index contributed by atoms with van der Waals surface area (Å²) in [6, 6.07) is 0.502. The van der Waals surface area contributed by atoms with Crippen molar-refractivity contribution in [2.75, 3.05) is 13.2 Å². The van der Waals surface area contributed by atoms with E-state index in [1.54, 1.807) is 0 Å². The standard InChI is InChI=1S/C13H25NO2/c1-5-6-9-14(11-7-8-11)12(15)10-16-13(2,3)4/h11H,5-10H2,1-4H3. The molecule has 0 aromatic rings. The Balaban J connectivity index is 2.35. The largest absolute Gasteiger partial charge is 0.366 e. The fourth-order valence-electron chi connectivity index (χ4n) is 1.59. The van der Waals surface area contributed by atoms with Crippen molar-refractivity contribution in [3.8, 4) is 0 Å². The van der Waals surface area contributed by atoms with Crippen LogP contribution in [0.3, 0.4) is 0 Å². The molecule has 1 aliphatic rings. The summed E-state index contributed by atoms with van der Waals surface area (Å²) >= 11 is 0. The molecule has 1 fully saturated rings. The van der Waals surface area contributed by atoms with Crippen LogP contribution in [0.4, 0.5) is 0 Å². The summed E-state index contributed by atoms with van der Waals surface area (Å²) in [7, 11) is 0. The maximum atomic E-state index is 12.0. The van der Waals surface area contributed by atoms with Gasteiger partial charge in [0.05, 0.1) is 5.60 Å². The van der Waals surface area contributed by atoms with Gasteiger partial charge in [0.25, 0.3) is 0 Å². The van der Waals surface area contributed by atoms with Crippen LogP contribution in [0, 0.1) is 0 Å². The second-order valence-corrected chi connectivity index (χ2v) is 5.57. The summed E-state index contributed by atoms with van der Waals surface area (Å²) in [5.41, 5.74) is -0.227. The molecule has 16 heavy (non-hydrogen) atoms. The molecule has 0 aromatic carbocycles. The highest BCUT2D eigenvalue weighted by Gasteiger charge is 2.32. The number of nitrogens with zero attached hydrogens (tertiary/aromatic N) is 1. The lowest BCUT2D eigenvalue weighted by molar-refractivity contribution is -0.141. The second-order valence-electron chi connectivity index (χ2n) is 5.57. The van der Waals surface area contributed by atoms with Crippen molar-refractivity contribution in [2.24, 2.45) is 0 Å². The van der Waals surface area contributed by atoms with E-state index in [9.17, 15) is 4.79 Å². The minimum Gasteiger partial charge on any atom is -0.366 e. The van der Waals surface area contributed by atoms with Crippen molar-refractivity contribution < 1.29 is 9.53 Å².